The third kappa shape index (κ3) is 3.47. The smallest absolute Gasteiger partial charge is 0.325 e. The van der Waals surface area contributed by atoms with Gasteiger partial charge in [-0.05, 0) is 51.3 Å². The Bertz CT molecular complexity index is 438. The van der Waals surface area contributed by atoms with Crippen LogP contribution in [0.25, 0.3) is 0 Å². The minimum atomic E-state index is -0.922. The molecule has 0 bridgehead atoms. The highest BCUT2D eigenvalue weighted by Gasteiger charge is 2.25. The number of carbonyl (C=O) groups is 1. The Kier molecular flexibility index (Phi) is 4.02. The molecule has 4 heteroatoms. The van der Waals surface area contributed by atoms with Crippen molar-refractivity contribution in [1.29, 1.82) is 0 Å². The lowest BCUT2D eigenvalue weighted by Gasteiger charge is -2.26. The van der Waals surface area contributed by atoms with Crippen molar-refractivity contribution in [2.75, 3.05) is 0 Å². The Morgan fingerprint density at radius 2 is 1.67 bits per heavy atom. The van der Waals surface area contributed by atoms with Gasteiger partial charge in [0.15, 0.2) is 0 Å². The number of carboxylic acid groups (broad SMARTS) is 1. The van der Waals surface area contributed by atoms with Crippen LogP contribution in [0.15, 0.2) is 12.1 Å². The molecule has 18 heavy (non-hydrogen) atoms. The van der Waals surface area contributed by atoms with Crippen molar-refractivity contribution in [3.05, 3.63) is 28.8 Å². The molecular formula is C14H21NO3. The van der Waals surface area contributed by atoms with E-state index < -0.39 is 12.0 Å². The molecule has 0 saturated carbocycles. The van der Waals surface area contributed by atoms with Gasteiger partial charge in [0, 0.05) is 5.54 Å². The van der Waals surface area contributed by atoms with Crippen molar-refractivity contribution in [2.24, 2.45) is 0 Å². The maximum absolute atomic E-state index is 11.4. The maximum atomic E-state index is 11.4. The van der Waals surface area contributed by atoms with Crippen LogP contribution >= 0.6 is 0 Å². The van der Waals surface area contributed by atoms with Crippen molar-refractivity contribution < 1.29 is 15.0 Å². The van der Waals surface area contributed by atoms with E-state index in [1.807, 2.05) is 20.8 Å². The Morgan fingerprint density at radius 3 is 2.00 bits per heavy atom. The predicted molar refractivity (Wildman–Crippen MR) is 70.8 cm³/mol. The molecule has 0 saturated heterocycles. The summed E-state index contributed by atoms with van der Waals surface area (Å²) in [5.74, 6) is -0.701. The molecular weight excluding hydrogens is 230 g/mol. The molecule has 1 atom stereocenters. The van der Waals surface area contributed by atoms with Crippen molar-refractivity contribution in [2.45, 2.75) is 46.2 Å². The summed E-state index contributed by atoms with van der Waals surface area (Å²) in [6.45, 7) is 9.29. The van der Waals surface area contributed by atoms with Gasteiger partial charge in [0.2, 0.25) is 0 Å². The zero-order chi connectivity index (χ0) is 14.1. The van der Waals surface area contributed by atoms with E-state index in [9.17, 15) is 15.0 Å². The molecule has 4 nitrogen and oxygen atoms in total. The quantitative estimate of drug-likeness (QED) is 0.772. The topological polar surface area (TPSA) is 69.6 Å². The van der Waals surface area contributed by atoms with Crippen LogP contribution in [-0.4, -0.2) is 21.7 Å². The van der Waals surface area contributed by atoms with Crippen LogP contribution in [0, 0.1) is 13.8 Å². The van der Waals surface area contributed by atoms with Crippen LogP contribution < -0.4 is 5.32 Å². The molecule has 0 fully saturated rings. The van der Waals surface area contributed by atoms with Crippen LogP contribution in [0.1, 0.15) is 43.5 Å². The number of aliphatic carboxylic acids is 1. The predicted octanol–water partition coefficient (Wildman–Crippen LogP) is 2.52. The van der Waals surface area contributed by atoms with Gasteiger partial charge in [-0.3, -0.25) is 10.1 Å². The average molecular weight is 251 g/mol. The molecule has 0 amide bonds. The lowest BCUT2D eigenvalue weighted by molar-refractivity contribution is -0.140. The fraction of sp³-hybridized carbons (Fsp3) is 0.500. The van der Waals surface area contributed by atoms with Gasteiger partial charge < -0.3 is 10.2 Å². The summed E-state index contributed by atoms with van der Waals surface area (Å²) < 4.78 is 0. The monoisotopic (exact) mass is 251 g/mol. The van der Waals surface area contributed by atoms with E-state index in [1.165, 1.54) is 0 Å². The SMILES string of the molecule is Cc1cc(C(NC(C)(C)C)C(=O)O)cc(C)c1O. The fourth-order valence-corrected chi connectivity index (χ4v) is 1.88. The molecule has 0 radical (unpaired) electrons. The molecule has 0 aliphatic carbocycles. The highest BCUT2D eigenvalue weighted by atomic mass is 16.4. The highest BCUT2D eigenvalue weighted by Crippen LogP contribution is 2.27. The van der Waals surface area contributed by atoms with Crippen molar-refractivity contribution >= 4 is 5.97 Å². The largest absolute Gasteiger partial charge is 0.507 e. The van der Waals surface area contributed by atoms with E-state index in [4.69, 9.17) is 0 Å². The Morgan fingerprint density at radius 1 is 1.22 bits per heavy atom. The van der Waals surface area contributed by atoms with Crippen LogP contribution in [0.3, 0.4) is 0 Å². The maximum Gasteiger partial charge on any atom is 0.325 e. The van der Waals surface area contributed by atoms with Gasteiger partial charge in [0.25, 0.3) is 0 Å². The Labute approximate surface area is 108 Å². The second-order valence-corrected chi connectivity index (χ2v) is 5.67. The first-order valence-corrected chi connectivity index (χ1v) is 5.92. The molecule has 1 rings (SSSR count). The first-order valence-electron chi connectivity index (χ1n) is 5.92. The number of rotatable bonds is 3. The zero-order valence-electron chi connectivity index (χ0n) is 11.5. The summed E-state index contributed by atoms with van der Waals surface area (Å²) in [5, 5.41) is 22.1. The second-order valence-electron chi connectivity index (χ2n) is 5.67. The number of aromatic hydroxyl groups is 1. The molecule has 3 N–H and O–H groups in total. The molecule has 1 aromatic rings. The van der Waals surface area contributed by atoms with E-state index in [1.54, 1.807) is 26.0 Å². The third-order valence-electron chi connectivity index (χ3n) is 2.67. The number of nitrogens with one attached hydrogen (secondary N) is 1. The summed E-state index contributed by atoms with van der Waals surface area (Å²) in [6.07, 6.45) is 0. The molecule has 100 valence electrons. The molecule has 0 heterocycles. The highest BCUT2D eigenvalue weighted by molar-refractivity contribution is 5.76. The Hall–Kier alpha value is -1.55. The number of carboxylic acids is 1. The molecule has 1 unspecified atom stereocenters. The summed E-state index contributed by atoms with van der Waals surface area (Å²) in [7, 11) is 0. The summed E-state index contributed by atoms with van der Waals surface area (Å²) in [5.41, 5.74) is 1.73. The molecule has 1 aromatic carbocycles. The van der Waals surface area contributed by atoms with Gasteiger partial charge in [-0.15, -0.1) is 0 Å². The number of phenols is 1. The molecule has 0 aromatic heterocycles. The van der Waals surface area contributed by atoms with Gasteiger partial charge in [-0.25, -0.2) is 0 Å². The van der Waals surface area contributed by atoms with E-state index in [-0.39, 0.29) is 11.3 Å². The first-order chi connectivity index (χ1) is 8.11. The number of benzene rings is 1. The lowest BCUT2D eigenvalue weighted by atomic mass is 9.97. The van der Waals surface area contributed by atoms with Crippen molar-refractivity contribution in [3.8, 4) is 5.75 Å². The van der Waals surface area contributed by atoms with E-state index in [2.05, 4.69) is 5.32 Å². The van der Waals surface area contributed by atoms with E-state index in [0.717, 1.165) is 0 Å². The molecule has 0 spiro atoms. The van der Waals surface area contributed by atoms with Gasteiger partial charge in [0.05, 0.1) is 0 Å². The number of phenolic OH excluding ortho intramolecular Hbond substituents is 1. The fourth-order valence-electron chi connectivity index (χ4n) is 1.88. The number of aryl methyl sites for hydroxylation is 2. The summed E-state index contributed by atoms with van der Waals surface area (Å²) in [4.78, 5) is 11.4. The van der Waals surface area contributed by atoms with Crippen molar-refractivity contribution in [1.82, 2.24) is 5.32 Å². The van der Waals surface area contributed by atoms with Gasteiger partial charge in [0.1, 0.15) is 11.8 Å². The van der Waals surface area contributed by atoms with Crippen molar-refractivity contribution in [3.63, 3.8) is 0 Å². The van der Waals surface area contributed by atoms with Crippen LogP contribution in [0.5, 0.6) is 5.75 Å². The summed E-state index contributed by atoms with van der Waals surface area (Å²) >= 11 is 0. The zero-order valence-corrected chi connectivity index (χ0v) is 11.5. The van der Waals surface area contributed by atoms with Crippen LogP contribution in [-0.2, 0) is 4.79 Å². The minimum Gasteiger partial charge on any atom is -0.507 e. The second kappa shape index (κ2) is 4.98. The third-order valence-corrected chi connectivity index (χ3v) is 2.67. The minimum absolute atomic E-state index is 0.221. The van der Waals surface area contributed by atoms with E-state index >= 15 is 0 Å². The normalized spacial score (nSPS) is 13.4. The lowest BCUT2D eigenvalue weighted by Crippen LogP contribution is -2.42. The number of hydrogen-bond donors (Lipinski definition) is 3. The standard InChI is InChI=1S/C14H21NO3/c1-8-6-10(7-9(2)12(8)16)11(13(17)18)15-14(3,4)5/h6-7,11,15-16H,1-5H3,(H,17,18). The molecule has 0 aliphatic heterocycles. The van der Waals surface area contributed by atoms with Crippen LogP contribution in [0.2, 0.25) is 0 Å². The van der Waals surface area contributed by atoms with Gasteiger partial charge in [-0.1, -0.05) is 12.1 Å². The first kappa shape index (κ1) is 14.5. The number of hydrogen-bond acceptors (Lipinski definition) is 3. The summed E-state index contributed by atoms with van der Waals surface area (Å²) in [6, 6.07) is 2.64. The van der Waals surface area contributed by atoms with Gasteiger partial charge >= 0.3 is 5.97 Å². The van der Waals surface area contributed by atoms with Crippen LogP contribution in [0.4, 0.5) is 0 Å². The van der Waals surface area contributed by atoms with E-state index in [0.29, 0.717) is 16.7 Å². The molecule has 0 aliphatic rings. The Balaban J connectivity index is 3.19. The average Bonchev–Trinajstić information content (AvgIpc) is 2.20. The van der Waals surface area contributed by atoms with Gasteiger partial charge in [-0.2, -0.15) is 0 Å².